The molecule has 2 heterocycles. The molecule has 0 atom stereocenters. The molecule has 0 saturated heterocycles. The molecular formula is C24H16F6N4O3S. The zero-order chi connectivity index (χ0) is 27.7. The summed E-state index contributed by atoms with van der Waals surface area (Å²) in [6.45, 7) is -0.549. The van der Waals surface area contributed by atoms with Crippen LogP contribution in [0.4, 0.5) is 26.3 Å². The minimum Gasteiger partial charge on any atom is -0.395 e. The molecule has 2 aromatic carbocycles. The molecule has 0 aliphatic rings. The molecule has 0 aliphatic carbocycles. The van der Waals surface area contributed by atoms with Crippen molar-refractivity contribution >= 4 is 15.7 Å². The fourth-order valence-electron chi connectivity index (χ4n) is 3.35. The molecule has 4 aromatic rings. The van der Waals surface area contributed by atoms with Gasteiger partial charge < -0.3 is 5.11 Å². The highest BCUT2D eigenvalue weighted by Gasteiger charge is 2.36. The normalized spacial score (nSPS) is 12.4. The van der Waals surface area contributed by atoms with Crippen LogP contribution in [0.1, 0.15) is 22.4 Å². The van der Waals surface area contributed by atoms with Crippen molar-refractivity contribution in [3.63, 3.8) is 0 Å². The lowest BCUT2D eigenvalue weighted by atomic mass is 10.1. The lowest BCUT2D eigenvalue weighted by molar-refractivity contribution is -0.142. The maximum absolute atomic E-state index is 13.8. The molecule has 38 heavy (non-hydrogen) atoms. The summed E-state index contributed by atoms with van der Waals surface area (Å²) in [5.74, 6) is 5.35. The lowest BCUT2D eigenvalue weighted by Gasteiger charge is -2.12. The van der Waals surface area contributed by atoms with Gasteiger partial charge in [-0.3, -0.25) is 0 Å². The third-order valence-corrected chi connectivity index (χ3v) is 6.66. The molecule has 0 aliphatic heterocycles. The highest BCUT2D eigenvalue weighted by Crippen LogP contribution is 2.34. The molecule has 198 valence electrons. The van der Waals surface area contributed by atoms with Crippen LogP contribution in [-0.2, 0) is 22.4 Å². The lowest BCUT2D eigenvalue weighted by Crippen LogP contribution is -2.26. The monoisotopic (exact) mass is 554 g/mol. The Morgan fingerprint density at radius 1 is 0.921 bits per heavy atom. The van der Waals surface area contributed by atoms with Gasteiger partial charge in [-0.25, -0.2) is 22.6 Å². The number of benzene rings is 2. The van der Waals surface area contributed by atoms with E-state index in [2.05, 4.69) is 26.6 Å². The van der Waals surface area contributed by atoms with E-state index in [1.807, 2.05) is 0 Å². The van der Waals surface area contributed by atoms with E-state index in [4.69, 9.17) is 5.11 Å². The molecule has 2 aromatic heterocycles. The number of nitrogens with one attached hydrogen (secondary N) is 1. The van der Waals surface area contributed by atoms with Crippen LogP contribution in [0.5, 0.6) is 0 Å². The van der Waals surface area contributed by atoms with Crippen molar-refractivity contribution in [2.24, 2.45) is 0 Å². The Kier molecular flexibility index (Phi) is 7.20. The second kappa shape index (κ2) is 10.1. The van der Waals surface area contributed by atoms with Crippen LogP contribution >= 0.6 is 0 Å². The molecule has 7 nitrogen and oxygen atoms in total. The number of aliphatic hydroxyl groups excluding tert-OH is 1. The molecule has 2 N–H and O–H groups in total. The van der Waals surface area contributed by atoms with Crippen LogP contribution in [0, 0.1) is 11.8 Å². The first-order valence-corrected chi connectivity index (χ1v) is 12.1. The van der Waals surface area contributed by atoms with Crippen molar-refractivity contribution in [2.45, 2.75) is 17.2 Å². The van der Waals surface area contributed by atoms with Crippen molar-refractivity contribution in [3.05, 3.63) is 83.2 Å². The number of hydrogen-bond donors (Lipinski definition) is 2. The second-order valence-electron chi connectivity index (χ2n) is 7.79. The SMILES string of the molecule is O=S(=O)(NCCO)c1ccc(C#Cc2cnn3c(C(F)(F)F)cc(-c4ccc(C(F)(F)F)cc4)nc23)cc1. The summed E-state index contributed by atoms with van der Waals surface area (Å²) < 4.78 is 107. The van der Waals surface area contributed by atoms with Crippen molar-refractivity contribution in [1.29, 1.82) is 0 Å². The average molecular weight is 554 g/mol. The fourth-order valence-corrected chi connectivity index (χ4v) is 4.37. The maximum atomic E-state index is 13.8. The van der Waals surface area contributed by atoms with Crippen LogP contribution in [0.3, 0.4) is 0 Å². The smallest absolute Gasteiger partial charge is 0.395 e. The molecule has 0 fully saturated rings. The van der Waals surface area contributed by atoms with E-state index in [0.717, 1.165) is 30.5 Å². The van der Waals surface area contributed by atoms with Gasteiger partial charge in [0, 0.05) is 17.7 Å². The minimum absolute atomic E-state index is 0.00516. The van der Waals surface area contributed by atoms with E-state index >= 15 is 0 Å². The number of aliphatic hydroxyl groups is 1. The van der Waals surface area contributed by atoms with E-state index < -0.39 is 33.6 Å². The van der Waals surface area contributed by atoms with Crippen molar-refractivity contribution in [1.82, 2.24) is 19.3 Å². The van der Waals surface area contributed by atoms with Gasteiger partial charge in [0.15, 0.2) is 11.3 Å². The van der Waals surface area contributed by atoms with E-state index in [-0.39, 0.29) is 40.5 Å². The number of nitrogens with zero attached hydrogens (tertiary/aromatic N) is 3. The number of hydrogen-bond acceptors (Lipinski definition) is 5. The van der Waals surface area contributed by atoms with Gasteiger partial charge >= 0.3 is 12.4 Å². The summed E-state index contributed by atoms with van der Waals surface area (Å²) in [7, 11) is -3.84. The summed E-state index contributed by atoms with van der Waals surface area (Å²) in [6, 6.07) is 9.52. The third kappa shape index (κ3) is 5.80. The summed E-state index contributed by atoms with van der Waals surface area (Å²) in [5.41, 5.74) is -2.29. The van der Waals surface area contributed by atoms with E-state index in [1.165, 1.54) is 24.3 Å². The number of alkyl halides is 6. The zero-order valence-electron chi connectivity index (χ0n) is 19.0. The first-order chi connectivity index (χ1) is 17.8. The molecule has 0 spiro atoms. The standard InChI is InChI=1S/C24H16F6N4O3S/c25-23(26,27)18-7-5-16(6-8-18)20-13-21(24(28,29)30)34-22(33-20)17(14-31-34)4-1-15-2-9-19(10-3-15)38(36,37)32-11-12-35/h2-3,5-10,13-14,32,35H,11-12H2. The minimum atomic E-state index is -4.86. The zero-order valence-corrected chi connectivity index (χ0v) is 19.8. The highest BCUT2D eigenvalue weighted by molar-refractivity contribution is 7.89. The van der Waals surface area contributed by atoms with E-state index in [0.29, 0.717) is 16.1 Å². The first kappa shape index (κ1) is 27.1. The Labute approximate surface area is 211 Å². The summed E-state index contributed by atoms with van der Waals surface area (Å²) >= 11 is 0. The first-order valence-electron chi connectivity index (χ1n) is 10.7. The quantitative estimate of drug-likeness (QED) is 0.286. The van der Waals surface area contributed by atoms with Gasteiger partial charge in [0.2, 0.25) is 10.0 Å². The fraction of sp³-hybridized carbons (Fsp3) is 0.167. The Morgan fingerprint density at radius 3 is 2.16 bits per heavy atom. The van der Waals surface area contributed by atoms with Crippen LogP contribution in [0.2, 0.25) is 0 Å². The number of fused-ring (bicyclic) bond motifs is 1. The third-order valence-electron chi connectivity index (χ3n) is 5.18. The molecule has 0 unspecified atom stereocenters. The number of halogens is 6. The molecule has 0 bridgehead atoms. The van der Waals surface area contributed by atoms with Gasteiger partial charge in [-0.2, -0.15) is 31.4 Å². The Hall–Kier alpha value is -3.93. The molecule has 0 radical (unpaired) electrons. The van der Waals surface area contributed by atoms with Crippen LogP contribution in [0.15, 0.2) is 65.7 Å². The maximum Gasteiger partial charge on any atom is 0.433 e. The van der Waals surface area contributed by atoms with Crippen LogP contribution in [-0.4, -0.2) is 41.3 Å². The molecule has 0 saturated carbocycles. The van der Waals surface area contributed by atoms with E-state index in [9.17, 15) is 34.8 Å². The van der Waals surface area contributed by atoms with Gasteiger partial charge in [0.25, 0.3) is 0 Å². The Balaban J connectivity index is 1.73. The topological polar surface area (TPSA) is 96.6 Å². The molecule has 0 amide bonds. The summed E-state index contributed by atoms with van der Waals surface area (Å²) in [4.78, 5) is 4.09. The van der Waals surface area contributed by atoms with Crippen molar-refractivity contribution < 1.29 is 39.9 Å². The van der Waals surface area contributed by atoms with Gasteiger partial charge in [-0.1, -0.05) is 24.0 Å². The molecule has 14 heteroatoms. The summed E-state index contributed by atoms with van der Waals surface area (Å²) in [6.07, 6.45) is -8.40. The van der Waals surface area contributed by atoms with Gasteiger partial charge in [-0.05, 0) is 42.5 Å². The Bertz CT molecular complexity index is 1630. The van der Waals surface area contributed by atoms with Crippen molar-refractivity contribution in [2.75, 3.05) is 13.2 Å². The summed E-state index contributed by atoms with van der Waals surface area (Å²) in [5, 5.41) is 12.5. The highest BCUT2D eigenvalue weighted by atomic mass is 32.2. The number of sulfonamides is 1. The van der Waals surface area contributed by atoms with Gasteiger partial charge in [0.05, 0.1) is 34.5 Å². The number of aromatic nitrogens is 3. The predicted octanol–water partition coefficient (Wildman–Crippen LogP) is 4.10. The van der Waals surface area contributed by atoms with E-state index in [1.54, 1.807) is 0 Å². The van der Waals surface area contributed by atoms with Gasteiger partial charge in [0.1, 0.15) is 0 Å². The van der Waals surface area contributed by atoms with Crippen LogP contribution < -0.4 is 4.72 Å². The average Bonchev–Trinajstić information content (AvgIpc) is 3.27. The Morgan fingerprint density at radius 2 is 1.58 bits per heavy atom. The number of rotatable bonds is 5. The molecule has 4 rings (SSSR count). The predicted molar refractivity (Wildman–Crippen MR) is 123 cm³/mol. The molecular weight excluding hydrogens is 538 g/mol. The largest absolute Gasteiger partial charge is 0.433 e. The second-order valence-corrected chi connectivity index (χ2v) is 9.56. The van der Waals surface area contributed by atoms with Gasteiger partial charge in [-0.15, -0.1) is 0 Å². The van der Waals surface area contributed by atoms with Crippen molar-refractivity contribution in [3.8, 4) is 23.1 Å². The van der Waals surface area contributed by atoms with Crippen LogP contribution in [0.25, 0.3) is 16.9 Å².